The van der Waals surface area contributed by atoms with Crippen molar-refractivity contribution in [2.45, 2.75) is 59.2 Å². The molecule has 0 N–H and O–H groups in total. The van der Waals surface area contributed by atoms with Crippen molar-refractivity contribution in [3.05, 3.63) is 45.6 Å². The minimum Gasteiger partial charge on any atom is -0.493 e. The topological polar surface area (TPSA) is 98.9 Å². The maximum Gasteiger partial charge on any atom is 0.280 e. The van der Waals surface area contributed by atoms with Gasteiger partial charge in [-0.2, -0.15) is 0 Å². The van der Waals surface area contributed by atoms with E-state index in [1.807, 2.05) is 32.3 Å². The molecule has 12 heteroatoms. The molecule has 2 unspecified atom stereocenters. The summed E-state index contributed by atoms with van der Waals surface area (Å²) in [6.45, 7) is 8.90. The van der Waals surface area contributed by atoms with Crippen molar-refractivity contribution < 1.29 is 22.9 Å². The number of carbonyl (C=O) groups excluding carboxylic acids is 1. The highest BCUT2D eigenvalue weighted by Gasteiger charge is 2.39. The Balaban J connectivity index is 1.85. The third-order valence-electron chi connectivity index (χ3n) is 7.32. The molecule has 1 aromatic carbocycles. The molecule has 0 spiro atoms. The van der Waals surface area contributed by atoms with Crippen molar-refractivity contribution in [3.8, 4) is 11.5 Å². The van der Waals surface area contributed by atoms with Crippen molar-refractivity contribution in [3.63, 3.8) is 0 Å². The van der Waals surface area contributed by atoms with Crippen molar-refractivity contribution in [2.75, 3.05) is 36.9 Å². The summed E-state index contributed by atoms with van der Waals surface area (Å²) in [5, 5.41) is 4.95. The minimum atomic E-state index is -1.46. The fourth-order valence-corrected chi connectivity index (χ4v) is 6.71. The Labute approximate surface area is 228 Å². The average molecular weight is 560 g/mol. The van der Waals surface area contributed by atoms with Gasteiger partial charge >= 0.3 is 0 Å². The van der Waals surface area contributed by atoms with Crippen molar-refractivity contribution in [1.82, 2.24) is 19.2 Å². The predicted octanol–water partition coefficient (Wildman–Crippen LogP) is 3.48. The van der Waals surface area contributed by atoms with Gasteiger partial charge in [-0.1, -0.05) is 6.07 Å². The molecular formula is C27H34FN5O5S. The number of ether oxygens (including phenoxy) is 2. The molecule has 2 atom stereocenters. The first-order valence-corrected chi connectivity index (χ1v) is 14.6. The van der Waals surface area contributed by atoms with Gasteiger partial charge in [0, 0.05) is 42.6 Å². The first kappa shape index (κ1) is 27.2. The van der Waals surface area contributed by atoms with E-state index in [1.54, 1.807) is 15.3 Å². The van der Waals surface area contributed by atoms with Crippen LogP contribution >= 0.6 is 0 Å². The van der Waals surface area contributed by atoms with Gasteiger partial charge in [0.2, 0.25) is 0 Å². The van der Waals surface area contributed by atoms with Gasteiger partial charge in [-0.25, -0.2) is 13.3 Å². The molecule has 2 aliphatic rings. The van der Waals surface area contributed by atoms with Crippen LogP contribution in [0.5, 0.6) is 11.5 Å². The van der Waals surface area contributed by atoms with Crippen molar-refractivity contribution >= 4 is 33.6 Å². The van der Waals surface area contributed by atoms with Crippen molar-refractivity contribution in [1.29, 1.82) is 0 Å². The molecule has 3 aromatic rings. The predicted molar refractivity (Wildman–Crippen MR) is 148 cm³/mol. The first-order chi connectivity index (χ1) is 18.7. The van der Waals surface area contributed by atoms with E-state index < -0.39 is 22.4 Å². The summed E-state index contributed by atoms with van der Waals surface area (Å²) in [6.07, 6.45) is 1.24. The highest BCUT2D eigenvalue weighted by atomic mass is 32.2. The van der Waals surface area contributed by atoms with Gasteiger partial charge in [0.25, 0.3) is 11.5 Å². The second-order valence-electron chi connectivity index (χ2n) is 10.2. The Bertz CT molecular complexity index is 1520. The summed E-state index contributed by atoms with van der Waals surface area (Å²) in [7, 11) is -0.0157. The fraction of sp³-hybridized carbons (Fsp3) is 0.519. The molecule has 2 aromatic heterocycles. The summed E-state index contributed by atoms with van der Waals surface area (Å²) in [5.41, 5.74) is 0.841. The number of carbonyl (C=O) groups is 1. The van der Waals surface area contributed by atoms with Crippen LogP contribution in [0.25, 0.3) is 10.9 Å². The molecule has 1 amide bonds. The van der Waals surface area contributed by atoms with E-state index >= 15 is 0 Å². The van der Waals surface area contributed by atoms with Gasteiger partial charge < -0.3 is 18.9 Å². The number of halogens is 1. The zero-order valence-electron chi connectivity index (χ0n) is 22.9. The van der Waals surface area contributed by atoms with Gasteiger partial charge in [-0.3, -0.25) is 13.9 Å². The lowest BCUT2D eigenvalue weighted by Crippen LogP contribution is -2.45. The van der Waals surface area contributed by atoms with Crippen LogP contribution in [0.15, 0.2) is 23.0 Å². The minimum absolute atomic E-state index is 0.00708. The van der Waals surface area contributed by atoms with Crippen LogP contribution in [-0.4, -0.2) is 68.0 Å². The fourth-order valence-electron chi connectivity index (χ4n) is 5.43. The summed E-state index contributed by atoms with van der Waals surface area (Å²) in [4.78, 5) is 29.6. The molecule has 0 radical (unpaired) electrons. The van der Waals surface area contributed by atoms with Crippen LogP contribution in [-0.2, 0) is 17.5 Å². The third kappa shape index (κ3) is 4.58. The molecule has 4 heterocycles. The number of amides is 1. The van der Waals surface area contributed by atoms with E-state index in [9.17, 15) is 18.2 Å². The maximum atomic E-state index is 14.1. The number of nitrogens with zero attached hydrogens (tertiary/aromatic N) is 5. The number of hydrogen-bond acceptors (Lipinski definition) is 6. The van der Waals surface area contributed by atoms with Crippen molar-refractivity contribution in [2.24, 2.45) is 0 Å². The van der Waals surface area contributed by atoms with E-state index in [0.717, 1.165) is 0 Å². The lowest BCUT2D eigenvalue weighted by molar-refractivity contribution is 0.0615. The molecule has 210 valence electrons. The number of benzene rings is 1. The normalized spacial score (nSPS) is 20.1. The van der Waals surface area contributed by atoms with E-state index in [1.165, 1.54) is 23.9 Å². The zero-order chi connectivity index (χ0) is 28.0. The van der Waals surface area contributed by atoms with Crippen LogP contribution in [0, 0.1) is 5.82 Å². The standard InChI is InChI=1S/C27H34FN5O5S/c1-6-32-25-22-21(24(37-5)23-27(35)30(16(2)3)14-17(4)33(22)23)26(34)31(29-25)15-18-9-10-19(28)13-20(18)38-11-7-8-12-39(32)36/h9-10,13,16-17H,6-8,11-12,14-15H2,1-5H3. The Morgan fingerprint density at radius 1 is 1.26 bits per heavy atom. The third-order valence-corrected chi connectivity index (χ3v) is 8.88. The highest BCUT2D eigenvalue weighted by Crippen LogP contribution is 2.41. The summed E-state index contributed by atoms with van der Waals surface area (Å²) >= 11 is 0. The zero-order valence-corrected chi connectivity index (χ0v) is 23.7. The molecule has 2 aliphatic heterocycles. The summed E-state index contributed by atoms with van der Waals surface area (Å²) < 4.78 is 44.1. The van der Waals surface area contributed by atoms with Gasteiger partial charge in [-0.15, -0.1) is 5.10 Å². The first-order valence-electron chi connectivity index (χ1n) is 13.3. The number of methoxy groups -OCH3 is 1. The molecule has 0 fully saturated rings. The maximum absolute atomic E-state index is 14.1. The Hall–Kier alpha value is -3.41. The Morgan fingerprint density at radius 2 is 2.03 bits per heavy atom. The van der Waals surface area contributed by atoms with E-state index in [-0.39, 0.29) is 41.4 Å². The van der Waals surface area contributed by atoms with Gasteiger partial charge in [-0.05, 0) is 46.6 Å². The number of aromatic nitrogens is 3. The number of rotatable bonds is 3. The van der Waals surface area contributed by atoms with Gasteiger partial charge in [0.05, 0.1) is 20.3 Å². The van der Waals surface area contributed by atoms with Crippen LogP contribution in [0.2, 0.25) is 0 Å². The molecule has 39 heavy (non-hydrogen) atoms. The number of hydrogen-bond donors (Lipinski definition) is 0. The van der Waals surface area contributed by atoms with Crippen LogP contribution in [0.3, 0.4) is 0 Å². The smallest absolute Gasteiger partial charge is 0.280 e. The lowest BCUT2D eigenvalue weighted by Gasteiger charge is -2.36. The van der Waals surface area contributed by atoms with E-state index in [4.69, 9.17) is 14.6 Å². The second-order valence-corrected chi connectivity index (χ2v) is 11.7. The van der Waals surface area contributed by atoms with Crippen LogP contribution in [0.1, 0.15) is 62.6 Å². The molecule has 0 aliphatic carbocycles. The summed E-state index contributed by atoms with van der Waals surface area (Å²) in [6, 6.07) is 3.96. The summed E-state index contributed by atoms with van der Waals surface area (Å²) in [5.74, 6) is 0.526. The molecule has 10 nitrogen and oxygen atoms in total. The van der Waals surface area contributed by atoms with E-state index in [2.05, 4.69) is 0 Å². The molecule has 2 bridgehead atoms. The number of fused-ring (bicyclic) bond motifs is 7. The highest BCUT2D eigenvalue weighted by molar-refractivity contribution is 7.86. The second kappa shape index (κ2) is 10.6. The van der Waals surface area contributed by atoms with Crippen LogP contribution in [0.4, 0.5) is 10.2 Å². The quantitative estimate of drug-likeness (QED) is 0.487. The molecular weight excluding hydrogens is 525 g/mol. The molecule has 0 saturated heterocycles. The van der Waals surface area contributed by atoms with Gasteiger partial charge in [0.15, 0.2) is 17.3 Å². The molecule has 5 rings (SSSR count). The average Bonchev–Trinajstić information content (AvgIpc) is 3.26. The van der Waals surface area contributed by atoms with E-state index in [0.29, 0.717) is 60.9 Å². The lowest BCUT2D eigenvalue weighted by atomic mass is 10.1. The Morgan fingerprint density at radius 3 is 2.72 bits per heavy atom. The van der Waals surface area contributed by atoms with Gasteiger partial charge in [0.1, 0.15) is 33.5 Å². The SMILES string of the molecule is CCN1c2nn(c(=O)c3c(OC)c4n(c23)C(C)CN(C(C)C)C4=O)Cc2ccc(F)cc2OCCCCS1=O. The number of anilines is 1. The Kier molecular flexibility index (Phi) is 7.41. The monoisotopic (exact) mass is 559 g/mol. The van der Waals surface area contributed by atoms with Crippen LogP contribution < -0.4 is 19.3 Å². The molecule has 0 saturated carbocycles. The largest absolute Gasteiger partial charge is 0.493 e.